The highest BCUT2D eigenvalue weighted by molar-refractivity contribution is 5.73. The summed E-state index contributed by atoms with van der Waals surface area (Å²) >= 11 is 0. The van der Waals surface area contributed by atoms with E-state index in [1.165, 1.54) is 28.4 Å². The number of carbonyl (C=O) groups is 4. The second-order valence-electron chi connectivity index (χ2n) is 9.59. The molecule has 0 aliphatic heterocycles. The van der Waals surface area contributed by atoms with E-state index in [0.29, 0.717) is 0 Å². The SMILES string of the molecule is COc1cc(C(CC(=O)O)OC(=O)NCCCCNC(=O)OC(CC(=O)O)c2cc(OC)c(OC)cc2[N+](=O)[O-])c([N+](=O)[O-])cc1OC. The van der Waals surface area contributed by atoms with Crippen LogP contribution in [0.25, 0.3) is 0 Å². The van der Waals surface area contributed by atoms with Crippen molar-refractivity contribution in [1.29, 1.82) is 0 Å². The predicted molar refractivity (Wildman–Crippen MR) is 161 cm³/mol. The summed E-state index contributed by atoms with van der Waals surface area (Å²) in [5.74, 6) is -2.71. The number of aliphatic carboxylic acids is 2. The Kier molecular flexibility index (Phi) is 14.4. The van der Waals surface area contributed by atoms with E-state index in [2.05, 4.69) is 10.6 Å². The van der Waals surface area contributed by atoms with Crippen LogP contribution in [-0.4, -0.2) is 85.7 Å². The number of nitrogens with zero attached hydrogens (tertiary/aromatic N) is 2. The molecule has 2 atom stereocenters. The Labute approximate surface area is 272 Å². The van der Waals surface area contributed by atoms with Crippen LogP contribution >= 0.6 is 0 Å². The van der Waals surface area contributed by atoms with Crippen molar-refractivity contribution >= 4 is 35.5 Å². The fourth-order valence-electron chi connectivity index (χ4n) is 4.32. The van der Waals surface area contributed by atoms with E-state index in [9.17, 15) is 49.6 Å². The number of nitro groups is 2. The molecule has 0 aliphatic rings. The molecule has 2 aromatic carbocycles. The van der Waals surface area contributed by atoms with Gasteiger partial charge in [-0.05, 0) is 25.0 Å². The molecule has 4 N–H and O–H groups in total. The van der Waals surface area contributed by atoms with Crippen molar-refractivity contribution in [2.75, 3.05) is 41.5 Å². The molecule has 2 amide bonds. The first-order valence-corrected chi connectivity index (χ1v) is 13.9. The molecule has 0 radical (unpaired) electrons. The van der Waals surface area contributed by atoms with Gasteiger partial charge in [0.25, 0.3) is 11.4 Å². The third kappa shape index (κ3) is 10.8. The van der Waals surface area contributed by atoms with E-state index < -0.39 is 70.4 Å². The van der Waals surface area contributed by atoms with Crippen LogP contribution in [0, 0.1) is 20.2 Å². The Hall–Kier alpha value is -6.08. The number of carboxylic acid groups (broad SMARTS) is 2. The molecule has 0 fully saturated rings. The first kappa shape index (κ1) is 38.1. The van der Waals surface area contributed by atoms with Crippen molar-refractivity contribution < 1.29 is 67.7 Å². The van der Waals surface area contributed by atoms with E-state index in [4.69, 9.17) is 28.4 Å². The molecule has 48 heavy (non-hydrogen) atoms. The number of unbranched alkanes of at least 4 members (excludes halogenated alkanes) is 1. The Morgan fingerprint density at radius 3 is 1.23 bits per heavy atom. The molecular weight excluding hydrogens is 648 g/mol. The normalized spacial score (nSPS) is 11.7. The number of ether oxygens (including phenoxy) is 6. The number of carbonyl (C=O) groups excluding carboxylic acids is 2. The zero-order valence-electron chi connectivity index (χ0n) is 26.2. The zero-order valence-corrected chi connectivity index (χ0v) is 26.2. The molecule has 0 aliphatic carbocycles. The highest BCUT2D eigenvalue weighted by atomic mass is 16.6. The number of amides is 2. The van der Waals surface area contributed by atoms with Gasteiger partial charge >= 0.3 is 24.1 Å². The quantitative estimate of drug-likeness (QED) is 0.0937. The summed E-state index contributed by atoms with van der Waals surface area (Å²) in [4.78, 5) is 69.6. The van der Waals surface area contributed by atoms with Crippen molar-refractivity contribution in [3.8, 4) is 23.0 Å². The number of nitro benzene ring substituents is 2. The van der Waals surface area contributed by atoms with Gasteiger partial charge < -0.3 is 49.3 Å². The van der Waals surface area contributed by atoms with Gasteiger partial charge in [-0.3, -0.25) is 29.8 Å². The standard InChI is InChI=1S/C28H34N4O16/c1-43-21-9-15(17(31(39)40)11-23(21)45-3)19(13-25(33)34)47-27(37)29-7-5-6-8-30-28(38)48-20(14-26(35)36)16-10-22(44-2)24(46-4)12-18(16)32(41)42/h9-12,19-20H,5-8,13-14H2,1-4H3,(H,29,37)(H,30,38)(H,33,34)(H,35,36). The summed E-state index contributed by atoms with van der Waals surface area (Å²) in [5, 5.41) is 46.7. The maximum Gasteiger partial charge on any atom is 0.407 e. The minimum Gasteiger partial charge on any atom is -0.493 e. The molecule has 0 spiro atoms. The van der Waals surface area contributed by atoms with Gasteiger partial charge in [-0.15, -0.1) is 0 Å². The number of alkyl carbamates (subject to hydrolysis) is 2. The maximum atomic E-state index is 12.5. The summed E-state index contributed by atoms with van der Waals surface area (Å²) in [7, 11) is 5.03. The summed E-state index contributed by atoms with van der Waals surface area (Å²) in [6.45, 7) is -0.0499. The Bertz CT molecular complexity index is 1400. The van der Waals surface area contributed by atoms with E-state index in [1.54, 1.807) is 0 Å². The minimum absolute atomic E-state index is 0.00338. The van der Waals surface area contributed by atoms with Crippen molar-refractivity contribution in [2.24, 2.45) is 0 Å². The molecule has 262 valence electrons. The lowest BCUT2D eigenvalue weighted by molar-refractivity contribution is -0.386. The van der Waals surface area contributed by atoms with Crippen LogP contribution < -0.4 is 29.6 Å². The average molecular weight is 683 g/mol. The number of hydrogen-bond acceptors (Lipinski definition) is 14. The third-order valence-electron chi connectivity index (χ3n) is 6.51. The van der Waals surface area contributed by atoms with E-state index >= 15 is 0 Å². The number of hydrogen-bond donors (Lipinski definition) is 4. The van der Waals surface area contributed by atoms with Gasteiger partial charge in [0.15, 0.2) is 23.0 Å². The Morgan fingerprint density at radius 2 is 0.958 bits per heavy atom. The van der Waals surface area contributed by atoms with Gasteiger partial charge in [-0.1, -0.05) is 0 Å². The lowest BCUT2D eigenvalue weighted by Crippen LogP contribution is -2.30. The molecule has 2 aromatic rings. The molecule has 0 saturated heterocycles. The van der Waals surface area contributed by atoms with Gasteiger partial charge in [-0.25, -0.2) is 9.59 Å². The van der Waals surface area contributed by atoms with Gasteiger partial charge in [0.05, 0.1) is 74.4 Å². The monoisotopic (exact) mass is 682 g/mol. The fraction of sp³-hybridized carbons (Fsp3) is 0.429. The van der Waals surface area contributed by atoms with E-state index in [-0.39, 0.29) is 60.1 Å². The molecular formula is C28H34N4O16. The highest BCUT2D eigenvalue weighted by Gasteiger charge is 2.32. The molecule has 0 saturated carbocycles. The van der Waals surface area contributed by atoms with Crippen LogP contribution in [0.15, 0.2) is 24.3 Å². The van der Waals surface area contributed by atoms with Crippen LogP contribution in [0.2, 0.25) is 0 Å². The fourth-order valence-corrected chi connectivity index (χ4v) is 4.32. The summed E-state index contributed by atoms with van der Waals surface area (Å²) in [6.07, 6.45) is -6.41. The number of carboxylic acids is 2. The molecule has 0 aromatic heterocycles. The second-order valence-corrected chi connectivity index (χ2v) is 9.59. The lowest BCUT2D eigenvalue weighted by atomic mass is 10.0. The molecule has 0 heterocycles. The molecule has 20 heteroatoms. The van der Waals surface area contributed by atoms with Crippen LogP contribution in [-0.2, 0) is 19.1 Å². The van der Waals surface area contributed by atoms with Gasteiger partial charge in [-0.2, -0.15) is 0 Å². The third-order valence-corrected chi connectivity index (χ3v) is 6.51. The lowest BCUT2D eigenvalue weighted by Gasteiger charge is -2.19. The smallest absolute Gasteiger partial charge is 0.407 e. The van der Waals surface area contributed by atoms with E-state index in [1.807, 2.05) is 0 Å². The highest BCUT2D eigenvalue weighted by Crippen LogP contribution is 2.40. The molecule has 2 rings (SSSR count). The first-order valence-electron chi connectivity index (χ1n) is 13.9. The van der Waals surface area contributed by atoms with Crippen molar-refractivity contribution in [1.82, 2.24) is 10.6 Å². The van der Waals surface area contributed by atoms with E-state index in [0.717, 1.165) is 24.3 Å². The van der Waals surface area contributed by atoms with Crippen LogP contribution in [0.3, 0.4) is 0 Å². The summed E-state index contributed by atoms with van der Waals surface area (Å²) in [6, 6.07) is 4.32. The minimum atomic E-state index is -1.57. The first-order chi connectivity index (χ1) is 22.8. The van der Waals surface area contributed by atoms with Crippen LogP contribution in [0.4, 0.5) is 21.0 Å². The zero-order chi connectivity index (χ0) is 36.0. The number of methoxy groups -OCH3 is 4. The van der Waals surface area contributed by atoms with Crippen LogP contribution in [0.5, 0.6) is 23.0 Å². The number of rotatable bonds is 19. The topological polar surface area (TPSA) is 274 Å². The van der Waals surface area contributed by atoms with Crippen molar-refractivity contribution in [3.63, 3.8) is 0 Å². The van der Waals surface area contributed by atoms with Crippen molar-refractivity contribution in [2.45, 2.75) is 37.9 Å². The number of nitrogens with one attached hydrogen (secondary N) is 2. The summed E-state index contributed by atoms with van der Waals surface area (Å²) in [5.41, 5.74) is -1.60. The molecule has 0 bridgehead atoms. The maximum absolute atomic E-state index is 12.5. The van der Waals surface area contributed by atoms with Gasteiger partial charge in [0, 0.05) is 13.1 Å². The summed E-state index contributed by atoms with van der Waals surface area (Å²) < 4.78 is 30.8. The predicted octanol–water partition coefficient (Wildman–Crippen LogP) is 3.50. The Balaban J connectivity index is 1.99. The van der Waals surface area contributed by atoms with Crippen LogP contribution in [0.1, 0.15) is 49.0 Å². The second kappa shape index (κ2) is 18.2. The Morgan fingerprint density at radius 1 is 0.646 bits per heavy atom. The van der Waals surface area contributed by atoms with Crippen molar-refractivity contribution in [3.05, 3.63) is 55.6 Å². The van der Waals surface area contributed by atoms with Gasteiger partial charge in [0.1, 0.15) is 12.2 Å². The number of benzene rings is 2. The average Bonchev–Trinajstić information content (AvgIpc) is 3.03. The van der Waals surface area contributed by atoms with Gasteiger partial charge in [0.2, 0.25) is 0 Å². The largest absolute Gasteiger partial charge is 0.493 e. The molecule has 2 unspecified atom stereocenters. The molecule has 20 nitrogen and oxygen atoms in total.